The Labute approximate surface area is 204 Å². The molecular formula is C25H42F8O2. The van der Waals surface area contributed by atoms with Crippen LogP contribution in [-0.2, 0) is 4.79 Å². The van der Waals surface area contributed by atoms with Gasteiger partial charge in [0.2, 0.25) is 0 Å². The van der Waals surface area contributed by atoms with Crippen molar-refractivity contribution < 1.29 is 45.0 Å². The molecule has 0 spiro atoms. The second-order valence-electron chi connectivity index (χ2n) is 9.49. The molecule has 0 atom stereocenters. The van der Waals surface area contributed by atoms with Crippen molar-refractivity contribution in [2.45, 2.75) is 153 Å². The van der Waals surface area contributed by atoms with Crippen LogP contribution in [0.25, 0.3) is 0 Å². The van der Waals surface area contributed by atoms with Crippen LogP contribution in [-0.4, -0.2) is 34.8 Å². The number of halogens is 8. The summed E-state index contributed by atoms with van der Waals surface area (Å²) in [6.07, 6.45) is 15.6. The molecule has 0 aliphatic carbocycles. The molecule has 0 saturated carbocycles. The third kappa shape index (κ3) is 11.2. The number of rotatable bonds is 23. The number of alkyl halides is 8. The lowest BCUT2D eigenvalue weighted by Gasteiger charge is -2.35. The highest BCUT2D eigenvalue weighted by Crippen LogP contribution is 2.54. The van der Waals surface area contributed by atoms with Gasteiger partial charge in [-0.3, -0.25) is 0 Å². The molecule has 2 nitrogen and oxygen atoms in total. The Hall–Kier alpha value is -1.09. The smallest absolute Gasteiger partial charge is 0.410 e. The summed E-state index contributed by atoms with van der Waals surface area (Å²) in [5.41, 5.74) is 0. The maximum Gasteiger partial charge on any atom is 0.410 e. The summed E-state index contributed by atoms with van der Waals surface area (Å²) < 4.78 is 107. The van der Waals surface area contributed by atoms with E-state index in [1.165, 1.54) is 64.2 Å². The summed E-state index contributed by atoms with van der Waals surface area (Å²) in [5, 5.41) is 8.04. The van der Waals surface area contributed by atoms with Crippen molar-refractivity contribution in [1.29, 1.82) is 0 Å². The van der Waals surface area contributed by atoms with E-state index in [1.54, 1.807) is 0 Å². The van der Waals surface area contributed by atoms with Crippen molar-refractivity contribution in [3.8, 4) is 0 Å². The molecule has 1 N–H and O–H groups in total. The van der Waals surface area contributed by atoms with Crippen molar-refractivity contribution in [3.63, 3.8) is 0 Å². The monoisotopic (exact) mass is 526 g/mol. The van der Waals surface area contributed by atoms with E-state index in [9.17, 15) is 39.9 Å². The summed E-state index contributed by atoms with van der Waals surface area (Å²) in [5.74, 6) is -28.6. The average Bonchev–Trinajstić information content (AvgIpc) is 2.77. The molecule has 0 fully saturated rings. The van der Waals surface area contributed by atoms with E-state index in [4.69, 9.17) is 5.11 Å². The van der Waals surface area contributed by atoms with Crippen molar-refractivity contribution in [1.82, 2.24) is 0 Å². The largest absolute Gasteiger partial charge is 0.477 e. The number of hydrogen-bond donors (Lipinski definition) is 1. The minimum atomic E-state index is -6.73. The first-order valence-electron chi connectivity index (χ1n) is 13.0. The Balaban J connectivity index is 3.87. The predicted molar refractivity (Wildman–Crippen MR) is 121 cm³/mol. The van der Waals surface area contributed by atoms with E-state index >= 15 is 0 Å². The molecule has 0 radical (unpaired) electrons. The Morgan fingerprint density at radius 1 is 0.514 bits per heavy atom. The SMILES string of the molecule is CCCCCCCCCCCCCCCCCCCCC(F)(F)C(F)(F)C(F)(F)C(F)(F)C(=O)O. The first-order chi connectivity index (χ1) is 16.3. The maximum absolute atomic E-state index is 13.6. The maximum atomic E-state index is 13.6. The minimum absolute atomic E-state index is 0.0605. The normalized spacial score (nSPS) is 13.4. The highest BCUT2D eigenvalue weighted by Gasteiger charge is 2.82. The Morgan fingerprint density at radius 2 is 0.800 bits per heavy atom. The van der Waals surface area contributed by atoms with Crippen molar-refractivity contribution in [2.75, 3.05) is 0 Å². The fourth-order valence-corrected chi connectivity index (χ4v) is 3.97. The van der Waals surface area contributed by atoms with E-state index in [-0.39, 0.29) is 6.42 Å². The summed E-state index contributed by atoms with van der Waals surface area (Å²) >= 11 is 0. The van der Waals surface area contributed by atoms with Crippen LogP contribution in [0.1, 0.15) is 129 Å². The summed E-state index contributed by atoms with van der Waals surface area (Å²) in [6, 6.07) is 0. The second-order valence-corrected chi connectivity index (χ2v) is 9.49. The van der Waals surface area contributed by atoms with Crippen LogP contribution in [0.5, 0.6) is 0 Å². The lowest BCUT2D eigenvalue weighted by atomic mass is 9.94. The first-order valence-corrected chi connectivity index (χ1v) is 13.0. The van der Waals surface area contributed by atoms with Crippen molar-refractivity contribution >= 4 is 5.97 Å². The van der Waals surface area contributed by atoms with Crippen LogP contribution in [0, 0.1) is 0 Å². The van der Waals surface area contributed by atoms with Gasteiger partial charge in [-0.1, -0.05) is 116 Å². The van der Waals surface area contributed by atoms with Crippen LogP contribution in [0.4, 0.5) is 35.1 Å². The molecule has 0 amide bonds. The van der Waals surface area contributed by atoms with Crippen LogP contribution in [0.3, 0.4) is 0 Å². The fraction of sp³-hybridized carbons (Fsp3) is 0.960. The molecule has 0 aromatic heterocycles. The quantitative estimate of drug-likeness (QED) is 0.106. The van der Waals surface area contributed by atoms with Gasteiger partial charge in [-0.05, 0) is 6.42 Å². The third-order valence-electron chi connectivity index (χ3n) is 6.36. The van der Waals surface area contributed by atoms with Gasteiger partial charge in [0.25, 0.3) is 0 Å². The van der Waals surface area contributed by atoms with Crippen molar-refractivity contribution in [3.05, 3.63) is 0 Å². The van der Waals surface area contributed by atoms with E-state index < -0.39 is 42.5 Å². The zero-order valence-electron chi connectivity index (χ0n) is 20.8. The van der Waals surface area contributed by atoms with Crippen molar-refractivity contribution in [2.24, 2.45) is 0 Å². The van der Waals surface area contributed by atoms with Gasteiger partial charge in [0.15, 0.2) is 0 Å². The van der Waals surface area contributed by atoms with E-state index in [1.807, 2.05) is 0 Å². The van der Waals surface area contributed by atoms with Gasteiger partial charge in [0.05, 0.1) is 0 Å². The number of unbranched alkanes of at least 4 members (excludes halogenated alkanes) is 17. The van der Waals surface area contributed by atoms with Gasteiger partial charge < -0.3 is 5.11 Å². The number of aliphatic carboxylic acids is 1. The first kappa shape index (κ1) is 33.9. The van der Waals surface area contributed by atoms with Gasteiger partial charge in [0.1, 0.15) is 0 Å². The van der Waals surface area contributed by atoms with Crippen LogP contribution < -0.4 is 0 Å². The molecular weight excluding hydrogens is 484 g/mol. The molecule has 0 bridgehead atoms. The molecule has 0 aliphatic heterocycles. The van der Waals surface area contributed by atoms with Gasteiger partial charge in [-0.2, -0.15) is 35.1 Å². The standard InChI is InChI=1S/C25H42F8O2/c1-2-3-4-5-6-7-8-9-10-11-12-13-14-15-16-17-18-19-20-22(26,27)24(30,31)25(32,33)23(28,29)21(34)35/h2-20H2,1H3,(H,34,35). The molecule has 0 unspecified atom stereocenters. The fourth-order valence-electron chi connectivity index (χ4n) is 3.97. The van der Waals surface area contributed by atoms with Crippen LogP contribution >= 0.6 is 0 Å². The Bertz CT molecular complexity index is 568. The van der Waals surface area contributed by atoms with Gasteiger partial charge >= 0.3 is 29.7 Å². The molecule has 0 saturated heterocycles. The van der Waals surface area contributed by atoms with Gasteiger partial charge in [-0.15, -0.1) is 0 Å². The summed E-state index contributed by atoms with van der Waals surface area (Å²) in [7, 11) is 0. The molecule has 35 heavy (non-hydrogen) atoms. The average molecular weight is 527 g/mol. The molecule has 210 valence electrons. The minimum Gasteiger partial charge on any atom is -0.477 e. The molecule has 0 aromatic rings. The van der Waals surface area contributed by atoms with E-state index in [2.05, 4.69) is 6.92 Å². The van der Waals surface area contributed by atoms with Gasteiger partial charge in [0, 0.05) is 6.42 Å². The number of carboxylic acids is 1. The number of carboxylic acid groups (broad SMARTS) is 1. The zero-order chi connectivity index (χ0) is 27.0. The molecule has 0 heterocycles. The summed E-state index contributed by atoms with van der Waals surface area (Å²) in [4.78, 5) is 10.2. The van der Waals surface area contributed by atoms with Gasteiger partial charge in [-0.25, -0.2) is 4.79 Å². The lowest BCUT2D eigenvalue weighted by molar-refractivity contribution is -0.360. The van der Waals surface area contributed by atoms with E-state index in [0.717, 1.165) is 25.7 Å². The Morgan fingerprint density at radius 3 is 1.09 bits per heavy atom. The molecule has 0 rings (SSSR count). The zero-order valence-corrected chi connectivity index (χ0v) is 20.8. The lowest BCUT2D eigenvalue weighted by Crippen LogP contribution is -2.64. The predicted octanol–water partition coefficient (Wildman–Crippen LogP) is 10.0. The second kappa shape index (κ2) is 16.6. The topological polar surface area (TPSA) is 37.3 Å². The number of hydrogen-bond acceptors (Lipinski definition) is 1. The highest BCUT2D eigenvalue weighted by atomic mass is 19.4. The van der Waals surface area contributed by atoms with E-state index in [0.29, 0.717) is 12.8 Å². The molecule has 0 aromatic carbocycles. The summed E-state index contributed by atoms with van der Waals surface area (Å²) in [6.45, 7) is 2.20. The van der Waals surface area contributed by atoms with Crippen LogP contribution in [0.15, 0.2) is 0 Å². The highest BCUT2D eigenvalue weighted by molar-refractivity contribution is 5.77. The Kier molecular flexibility index (Phi) is 16.1. The third-order valence-corrected chi connectivity index (χ3v) is 6.36. The molecule has 0 aliphatic rings. The molecule has 10 heteroatoms. The number of carbonyl (C=O) groups is 1. The van der Waals surface area contributed by atoms with Crippen LogP contribution in [0.2, 0.25) is 0 Å².